The topological polar surface area (TPSA) is 66.4 Å². The van der Waals surface area contributed by atoms with E-state index < -0.39 is 14.6 Å². The van der Waals surface area contributed by atoms with E-state index in [-0.39, 0.29) is 18.4 Å². The SMILES string of the molecule is CC(C)(C)S(=O)(=O)CCNC(CO)c1ccccc1. The maximum atomic E-state index is 12.0. The van der Waals surface area contributed by atoms with Crippen LogP contribution in [0.15, 0.2) is 30.3 Å². The molecule has 1 rings (SSSR count). The second-order valence-electron chi connectivity index (χ2n) is 5.53. The minimum absolute atomic E-state index is 0.0560. The highest BCUT2D eigenvalue weighted by Gasteiger charge is 2.28. The molecule has 1 aromatic rings. The summed E-state index contributed by atoms with van der Waals surface area (Å²) in [7, 11) is -3.13. The number of hydrogen-bond acceptors (Lipinski definition) is 4. The largest absolute Gasteiger partial charge is 0.394 e. The molecular formula is C14H23NO3S. The summed E-state index contributed by atoms with van der Waals surface area (Å²) in [5.74, 6) is 0.0693. The first-order chi connectivity index (χ1) is 8.78. The van der Waals surface area contributed by atoms with Gasteiger partial charge in [-0.15, -0.1) is 0 Å². The normalized spacial score (nSPS) is 14.3. The first-order valence-electron chi connectivity index (χ1n) is 6.39. The van der Waals surface area contributed by atoms with E-state index in [0.717, 1.165) is 5.56 Å². The fourth-order valence-electron chi connectivity index (χ4n) is 1.65. The molecule has 108 valence electrons. The number of rotatable bonds is 6. The van der Waals surface area contributed by atoms with E-state index in [9.17, 15) is 13.5 Å². The van der Waals surface area contributed by atoms with Gasteiger partial charge in [0.1, 0.15) is 0 Å². The molecule has 19 heavy (non-hydrogen) atoms. The number of hydrogen-bond donors (Lipinski definition) is 2. The smallest absolute Gasteiger partial charge is 0.156 e. The molecule has 1 atom stereocenters. The third kappa shape index (κ3) is 4.60. The summed E-state index contributed by atoms with van der Waals surface area (Å²) in [6.07, 6.45) is 0. The number of aliphatic hydroxyl groups is 1. The summed E-state index contributed by atoms with van der Waals surface area (Å²) in [6.45, 7) is 5.37. The highest BCUT2D eigenvalue weighted by molar-refractivity contribution is 7.92. The van der Waals surface area contributed by atoms with Crippen LogP contribution in [0, 0.1) is 0 Å². The van der Waals surface area contributed by atoms with Crippen molar-refractivity contribution in [1.82, 2.24) is 5.32 Å². The van der Waals surface area contributed by atoms with Crippen LogP contribution in [-0.2, 0) is 9.84 Å². The highest BCUT2D eigenvalue weighted by Crippen LogP contribution is 2.16. The van der Waals surface area contributed by atoms with Crippen LogP contribution in [-0.4, -0.2) is 37.2 Å². The zero-order valence-corrected chi connectivity index (χ0v) is 12.6. The van der Waals surface area contributed by atoms with Crippen molar-refractivity contribution < 1.29 is 13.5 Å². The molecule has 5 heteroatoms. The van der Waals surface area contributed by atoms with Gasteiger partial charge in [0.05, 0.1) is 23.1 Å². The van der Waals surface area contributed by atoms with E-state index in [1.165, 1.54) is 0 Å². The molecule has 0 saturated carbocycles. The molecule has 0 aliphatic rings. The average molecular weight is 285 g/mol. The Kier molecular flexibility index (Phi) is 5.52. The van der Waals surface area contributed by atoms with Gasteiger partial charge in [0.2, 0.25) is 0 Å². The van der Waals surface area contributed by atoms with E-state index in [0.29, 0.717) is 6.54 Å². The molecule has 0 spiro atoms. The molecule has 0 aliphatic heterocycles. The van der Waals surface area contributed by atoms with Crippen molar-refractivity contribution in [3.05, 3.63) is 35.9 Å². The van der Waals surface area contributed by atoms with Crippen molar-refractivity contribution in [3.63, 3.8) is 0 Å². The van der Waals surface area contributed by atoms with Crippen molar-refractivity contribution >= 4 is 9.84 Å². The lowest BCUT2D eigenvalue weighted by atomic mass is 10.1. The second-order valence-corrected chi connectivity index (χ2v) is 8.39. The fourth-order valence-corrected chi connectivity index (χ4v) is 2.65. The van der Waals surface area contributed by atoms with Crippen LogP contribution < -0.4 is 5.32 Å². The summed E-state index contributed by atoms with van der Waals surface area (Å²) >= 11 is 0. The van der Waals surface area contributed by atoms with Gasteiger partial charge in [-0.3, -0.25) is 0 Å². The van der Waals surface area contributed by atoms with Gasteiger partial charge in [-0.2, -0.15) is 0 Å². The summed E-state index contributed by atoms with van der Waals surface area (Å²) in [4.78, 5) is 0. The molecule has 0 radical (unpaired) electrons. The van der Waals surface area contributed by atoms with Gasteiger partial charge in [0.15, 0.2) is 9.84 Å². The van der Waals surface area contributed by atoms with Crippen LogP contribution in [0.2, 0.25) is 0 Å². The molecule has 1 unspecified atom stereocenters. The Morgan fingerprint density at radius 1 is 1.21 bits per heavy atom. The predicted molar refractivity (Wildman–Crippen MR) is 77.8 cm³/mol. The van der Waals surface area contributed by atoms with Gasteiger partial charge in [-0.1, -0.05) is 30.3 Å². The molecule has 0 fully saturated rings. The lowest BCUT2D eigenvalue weighted by molar-refractivity contribution is 0.246. The monoisotopic (exact) mass is 285 g/mol. The predicted octanol–water partition coefficient (Wildman–Crippen LogP) is 1.52. The summed E-state index contributed by atoms with van der Waals surface area (Å²) in [5.41, 5.74) is 0.957. The molecule has 0 aliphatic carbocycles. The van der Waals surface area contributed by atoms with Crippen LogP contribution in [0.3, 0.4) is 0 Å². The summed E-state index contributed by atoms with van der Waals surface area (Å²) in [5, 5.41) is 12.4. The summed E-state index contributed by atoms with van der Waals surface area (Å²) < 4.78 is 23.2. The molecule has 0 aromatic heterocycles. The lowest BCUT2D eigenvalue weighted by Crippen LogP contribution is -2.36. The standard InChI is InChI=1S/C14H23NO3S/c1-14(2,3)19(17,18)10-9-15-13(11-16)12-7-5-4-6-8-12/h4-8,13,15-16H,9-11H2,1-3H3. The molecule has 0 bridgehead atoms. The molecular weight excluding hydrogens is 262 g/mol. The van der Waals surface area contributed by atoms with Crippen molar-refractivity contribution in [3.8, 4) is 0 Å². The molecule has 0 amide bonds. The Bertz CT molecular complexity index is 477. The van der Waals surface area contributed by atoms with Crippen molar-refractivity contribution in [2.75, 3.05) is 18.9 Å². The van der Waals surface area contributed by atoms with Gasteiger partial charge in [0.25, 0.3) is 0 Å². The van der Waals surface area contributed by atoms with E-state index in [2.05, 4.69) is 5.32 Å². The maximum Gasteiger partial charge on any atom is 0.156 e. The highest BCUT2D eigenvalue weighted by atomic mass is 32.2. The van der Waals surface area contributed by atoms with Gasteiger partial charge in [-0.25, -0.2) is 8.42 Å². The van der Waals surface area contributed by atoms with E-state index >= 15 is 0 Å². The molecule has 0 heterocycles. The average Bonchev–Trinajstić information content (AvgIpc) is 2.34. The fraction of sp³-hybridized carbons (Fsp3) is 0.571. The molecule has 0 saturated heterocycles. The van der Waals surface area contributed by atoms with Crippen LogP contribution in [0.4, 0.5) is 0 Å². The Labute approximate surface area is 115 Å². The number of sulfone groups is 1. The zero-order valence-electron chi connectivity index (χ0n) is 11.8. The van der Waals surface area contributed by atoms with Gasteiger partial charge in [0, 0.05) is 6.54 Å². The summed E-state index contributed by atoms with van der Waals surface area (Å²) in [6, 6.07) is 9.29. The first-order valence-corrected chi connectivity index (χ1v) is 8.04. The lowest BCUT2D eigenvalue weighted by Gasteiger charge is -2.21. The molecule has 1 aromatic carbocycles. The van der Waals surface area contributed by atoms with Gasteiger partial charge < -0.3 is 10.4 Å². The minimum atomic E-state index is -3.13. The first kappa shape index (κ1) is 16.1. The van der Waals surface area contributed by atoms with E-state index in [1.54, 1.807) is 20.8 Å². The number of benzene rings is 1. The number of aliphatic hydroxyl groups excluding tert-OH is 1. The Balaban J connectivity index is 2.57. The van der Waals surface area contributed by atoms with Crippen LogP contribution >= 0.6 is 0 Å². The van der Waals surface area contributed by atoms with Gasteiger partial charge in [-0.05, 0) is 26.3 Å². The van der Waals surface area contributed by atoms with Crippen molar-refractivity contribution in [2.45, 2.75) is 31.6 Å². The Hall–Kier alpha value is -0.910. The Morgan fingerprint density at radius 2 is 1.79 bits per heavy atom. The second kappa shape index (κ2) is 6.50. The van der Waals surface area contributed by atoms with Crippen molar-refractivity contribution in [2.24, 2.45) is 0 Å². The molecule has 4 nitrogen and oxygen atoms in total. The third-order valence-electron chi connectivity index (χ3n) is 3.08. The van der Waals surface area contributed by atoms with Crippen LogP contribution in [0.25, 0.3) is 0 Å². The van der Waals surface area contributed by atoms with Crippen LogP contribution in [0.1, 0.15) is 32.4 Å². The minimum Gasteiger partial charge on any atom is -0.394 e. The Morgan fingerprint density at radius 3 is 2.26 bits per heavy atom. The molecule has 2 N–H and O–H groups in total. The third-order valence-corrected chi connectivity index (χ3v) is 5.69. The zero-order chi connectivity index (χ0) is 14.5. The van der Waals surface area contributed by atoms with Crippen LogP contribution in [0.5, 0.6) is 0 Å². The van der Waals surface area contributed by atoms with E-state index in [1.807, 2.05) is 30.3 Å². The van der Waals surface area contributed by atoms with E-state index in [4.69, 9.17) is 0 Å². The quantitative estimate of drug-likeness (QED) is 0.832. The maximum absolute atomic E-state index is 12.0. The number of nitrogens with one attached hydrogen (secondary N) is 1. The van der Waals surface area contributed by atoms with Gasteiger partial charge >= 0.3 is 0 Å². The van der Waals surface area contributed by atoms with Crippen molar-refractivity contribution in [1.29, 1.82) is 0 Å².